The Morgan fingerprint density at radius 3 is 2.74 bits per heavy atom. The minimum Gasteiger partial charge on any atom is -0.451 e. The Morgan fingerprint density at radius 2 is 2.16 bits per heavy atom. The summed E-state index contributed by atoms with van der Waals surface area (Å²) in [6.45, 7) is 1.67. The minimum absolute atomic E-state index is 0.0335. The molecular weight excluding hydrogens is 250 g/mol. The Morgan fingerprint density at radius 1 is 1.37 bits per heavy atom. The number of imide groups is 1. The quantitative estimate of drug-likeness (QED) is 0.718. The van der Waals surface area contributed by atoms with Crippen LogP contribution in [-0.4, -0.2) is 45.8 Å². The van der Waals surface area contributed by atoms with Crippen molar-refractivity contribution in [2.24, 2.45) is 0 Å². The van der Waals surface area contributed by atoms with Crippen LogP contribution >= 0.6 is 0 Å². The van der Waals surface area contributed by atoms with Crippen LogP contribution in [0.1, 0.15) is 29.0 Å². The van der Waals surface area contributed by atoms with Crippen molar-refractivity contribution < 1.29 is 19.1 Å². The molecule has 7 heteroatoms. The molecule has 0 unspecified atom stereocenters. The van der Waals surface area contributed by atoms with Crippen LogP contribution in [0.25, 0.3) is 0 Å². The van der Waals surface area contributed by atoms with E-state index < -0.39 is 18.5 Å². The lowest BCUT2D eigenvalue weighted by Gasteiger charge is -2.13. The van der Waals surface area contributed by atoms with E-state index in [1.54, 1.807) is 6.92 Å². The Bertz CT molecular complexity index is 512. The van der Waals surface area contributed by atoms with Crippen LogP contribution in [0.15, 0.2) is 12.4 Å². The zero-order chi connectivity index (χ0) is 13.8. The normalized spacial score (nSPS) is 14.6. The number of amides is 2. The van der Waals surface area contributed by atoms with Crippen molar-refractivity contribution in [1.29, 1.82) is 0 Å². The molecule has 0 saturated carbocycles. The summed E-state index contributed by atoms with van der Waals surface area (Å²) >= 11 is 0. The van der Waals surface area contributed by atoms with E-state index in [1.807, 2.05) is 0 Å². The van der Waals surface area contributed by atoms with E-state index in [9.17, 15) is 14.4 Å². The highest BCUT2D eigenvalue weighted by Crippen LogP contribution is 2.10. The number of rotatable bonds is 3. The maximum atomic E-state index is 11.6. The molecule has 0 radical (unpaired) electrons. The number of aromatic nitrogens is 2. The second-order valence-electron chi connectivity index (χ2n) is 4.16. The van der Waals surface area contributed by atoms with E-state index in [0.29, 0.717) is 25.1 Å². The maximum Gasteiger partial charge on any atom is 0.359 e. The van der Waals surface area contributed by atoms with Gasteiger partial charge < -0.3 is 4.74 Å². The van der Waals surface area contributed by atoms with Gasteiger partial charge in [-0.2, -0.15) is 0 Å². The standard InChI is InChI=1S/C12H13N3O4/c1-8-5-14-9(6-13-8)12(18)19-7-11(17)15-4-2-3-10(15)16/h5-6H,2-4,7H2,1H3. The fourth-order valence-electron chi connectivity index (χ4n) is 1.69. The summed E-state index contributed by atoms with van der Waals surface area (Å²) in [7, 11) is 0. The van der Waals surface area contributed by atoms with Gasteiger partial charge in [0.1, 0.15) is 0 Å². The van der Waals surface area contributed by atoms with E-state index in [2.05, 4.69) is 9.97 Å². The largest absolute Gasteiger partial charge is 0.451 e. The van der Waals surface area contributed by atoms with E-state index >= 15 is 0 Å². The molecule has 1 aliphatic rings. The summed E-state index contributed by atoms with van der Waals surface area (Å²) in [6.07, 6.45) is 3.73. The summed E-state index contributed by atoms with van der Waals surface area (Å²) in [5.74, 6) is -1.46. The SMILES string of the molecule is Cc1cnc(C(=O)OCC(=O)N2CCCC2=O)cn1. The fourth-order valence-corrected chi connectivity index (χ4v) is 1.69. The van der Waals surface area contributed by atoms with Crippen LogP contribution in [-0.2, 0) is 14.3 Å². The number of hydrogen-bond donors (Lipinski definition) is 0. The predicted molar refractivity (Wildman–Crippen MR) is 63.0 cm³/mol. The first-order valence-corrected chi connectivity index (χ1v) is 5.87. The number of carbonyl (C=O) groups is 3. The van der Waals surface area contributed by atoms with Gasteiger partial charge in [-0.05, 0) is 13.3 Å². The van der Waals surface area contributed by atoms with E-state index in [4.69, 9.17) is 4.74 Å². The first-order chi connectivity index (χ1) is 9.08. The smallest absolute Gasteiger partial charge is 0.359 e. The van der Waals surface area contributed by atoms with E-state index in [1.165, 1.54) is 12.4 Å². The van der Waals surface area contributed by atoms with Gasteiger partial charge in [-0.25, -0.2) is 9.78 Å². The van der Waals surface area contributed by atoms with Crippen LogP contribution in [0.3, 0.4) is 0 Å². The summed E-state index contributed by atoms with van der Waals surface area (Å²) in [5.41, 5.74) is 0.710. The Labute approximate surface area is 109 Å². The minimum atomic E-state index is -0.729. The van der Waals surface area contributed by atoms with Gasteiger partial charge in [-0.3, -0.25) is 19.5 Å². The summed E-state index contributed by atoms with van der Waals surface area (Å²) in [5, 5.41) is 0. The van der Waals surface area contributed by atoms with Crippen molar-refractivity contribution in [2.75, 3.05) is 13.2 Å². The molecule has 0 N–H and O–H groups in total. The number of aryl methyl sites for hydroxylation is 1. The molecule has 7 nitrogen and oxygen atoms in total. The van der Waals surface area contributed by atoms with Crippen LogP contribution in [0.2, 0.25) is 0 Å². The Kier molecular flexibility index (Phi) is 3.84. The monoisotopic (exact) mass is 263 g/mol. The van der Waals surface area contributed by atoms with Gasteiger partial charge in [0.15, 0.2) is 12.3 Å². The third kappa shape index (κ3) is 3.12. The average molecular weight is 263 g/mol. The van der Waals surface area contributed by atoms with Crippen molar-refractivity contribution in [1.82, 2.24) is 14.9 Å². The fraction of sp³-hybridized carbons (Fsp3) is 0.417. The van der Waals surface area contributed by atoms with E-state index in [0.717, 1.165) is 4.90 Å². The van der Waals surface area contributed by atoms with Gasteiger partial charge >= 0.3 is 5.97 Å². The molecule has 0 spiro atoms. The molecule has 0 atom stereocenters. The van der Waals surface area contributed by atoms with Crippen LogP contribution in [0, 0.1) is 6.92 Å². The van der Waals surface area contributed by atoms with Crippen LogP contribution < -0.4 is 0 Å². The average Bonchev–Trinajstić information content (AvgIpc) is 2.83. The second kappa shape index (κ2) is 5.55. The molecule has 1 aromatic rings. The molecule has 19 heavy (non-hydrogen) atoms. The molecule has 2 amide bonds. The van der Waals surface area contributed by atoms with Gasteiger partial charge in [0.2, 0.25) is 5.91 Å². The Balaban J connectivity index is 1.88. The number of nitrogens with zero attached hydrogens (tertiary/aromatic N) is 3. The Hall–Kier alpha value is -2.31. The highest BCUT2D eigenvalue weighted by molar-refractivity contribution is 5.98. The number of carbonyl (C=O) groups excluding carboxylic acids is 3. The maximum absolute atomic E-state index is 11.6. The van der Waals surface area contributed by atoms with Gasteiger partial charge in [-0.15, -0.1) is 0 Å². The third-order valence-corrected chi connectivity index (χ3v) is 2.69. The summed E-state index contributed by atoms with van der Waals surface area (Å²) < 4.78 is 4.81. The van der Waals surface area contributed by atoms with Gasteiger partial charge in [-0.1, -0.05) is 0 Å². The molecule has 1 saturated heterocycles. The lowest BCUT2D eigenvalue weighted by molar-refractivity contribution is -0.143. The number of likely N-dealkylation sites (tertiary alicyclic amines) is 1. The first kappa shape index (κ1) is 13.1. The highest BCUT2D eigenvalue weighted by Gasteiger charge is 2.27. The summed E-state index contributed by atoms with van der Waals surface area (Å²) in [6, 6.07) is 0. The molecular formula is C12H13N3O4. The zero-order valence-corrected chi connectivity index (χ0v) is 10.5. The molecule has 0 aromatic carbocycles. The number of esters is 1. The molecule has 1 aliphatic heterocycles. The lowest BCUT2D eigenvalue weighted by atomic mass is 10.4. The lowest BCUT2D eigenvalue weighted by Crippen LogP contribution is -2.35. The zero-order valence-electron chi connectivity index (χ0n) is 10.5. The molecule has 2 heterocycles. The topological polar surface area (TPSA) is 89.5 Å². The van der Waals surface area contributed by atoms with Crippen molar-refractivity contribution >= 4 is 17.8 Å². The predicted octanol–water partition coefficient (Wildman–Crippen LogP) is 0.0908. The molecule has 1 aromatic heterocycles. The molecule has 0 aliphatic carbocycles. The third-order valence-electron chi connectivity index (χ3n) is 2.69. The van der Waals surface area contributed by atoms with Crippen LogP contribution in [0.4, 0.5) is 0 Å². The highest BCUT2D eigenvalue weighted by atomic mass is 16.5. The van der Waals surface area contributed by atoms with Gasteiger partial charge in [0, 0.05) is 19.2 Å². The van der Waals surface area contributed by atoms with Gasteiger partial charge in [0.25, 0.3) is 5.91 Å². The molecule has 1 fully saturated rings. The van der Waals surface area contributed by atoms with Crippen LogP contribution in [0.5, 0.6) is 0 Å². The van der Waals surface area contributed by atoms with Crippen molar-refractivity contribution in [2.45, 2.75) is 19.8 Å². The first-order valence-electron chi connectivity index (χ1n) is 5.87. The van der Waals surface area contributed by atoms with Crippen molar-refractivity contribution in [3.63, 3.8) is 0 Å². The summed E-state index contributed by atoms with van der Waals surface area (Å²) in [4.78, 5) is 43.4. The van der Waals surface area contributed by atoms with Crippen molar-refractivity contribution in [3.05, 3.63) is 23.8 Å². The number of ether oxygens (including phenoxy) is 1. The number of hydrogen-bond acceptors (Lipinski definition) is 6. The van der Waals surface area contributed by atoms with E-state index in [-0.39, 0.29) is 11.6 Å². The molecule has 2 rings (SSSR count). The molecule has 0 bridgehead atoms. The second-order valence-corrected chi connectivity index (χ2v) is 4.16. The van der Waals surface area contributed by atoms with Gasteiger partial charge in [0.05, 0.1) is 11.9 Å². The van der Waals surface area contributed by atoms with Crippen molar-refractivity contribution in [3.8, 4) is 0 Å². The molecule has 100 valence electrons.